The van der Waals surface area contributed by atoms with E-state index in [2.05, 4.69) is 30.9 Å². The summed E-state index contributed by atoms with van der Waals surface area (Å²) in [5, 5.41) is 47.9. The van der Waals surface area contributed by atoms with Crippen molar-refractivity contribution >= 4 is 11.9 Å². The van der Waals surface area contributed by atoms with Crippen LogP contribution in [0.15, 0.2) is 60.9 Å². The topological polar surface area (TPSA) is 181 Å². The number of benzene rings is 2. The van der Waals surface area contributed by atoms with Crippen LogP contribution in [0.5, 0.6) is 0 Å². The zero-order valence-electron chi connectivity index (χ0n) is 23.9. The van der Waals surface area contributed by atoms with Gasteiger partial charge >= 0.3 is 24.3 Å². The van der Waals surface area contributed by atoms with Crippen LogP contribution in [-0.2, 0) is 12.4 Å². The lowest BCUT2D eigenvalue weighted by Crippen LogP contribution is -2.23. The van der Waals surface area contributed by atoms with E-state index >= 15 is 0 Å². The molecule has 1 aliphatic carbocycles. The van der Waals surface area contributed by atoms with E-state index in [1.807, 2.05) is 0 Å². The summed E-state index contributed by atoms with van der Waals surface area (Å²) in [6.45, 7) is 0. The third-order valence-electron chi connectivity index (χ3n) is 7.25. The fourth-order valence-electron chi connectivity index (χ4n) is 4.75. The fraction of sp³-hybridized carbons (Fsp3) is 0.207. The quantitative estimate of drug-likeness (QED) is 0.125. The molecule has 1 saturated carbocycles. The van der Waals surface area contributed by atoms with Crippen LogP contribution in [0.4, 0.5) is 26.3 Å². The van der Waals surface area contributed by atoms with Gasteiger partial charge in [0.25, 0.3) is 0 Å². The Hall–Kier alpha value is -5.69. The number of aromatic carboxylic acids is 2. The molecule has 19 heteroatoms. The van der Waals surface area contributed by atoms with Crippen molar-refractivity contribution < 1.29 is 51.3 Å². The minimum absolute atomic E-state index is 0.0269. The van der Waals surface area contributed by atoms with Gasteiger partial charge in [0.2, 0.25) is 0 Å². The van der Waals surface area contributed by atoms with Crippen molar-refractivity contribution in [3.8, 4) is 34.2 Å². The standard InChI is InChI=1S/C29H20F6N8O5/c30-28(31,32)19-9-15(3-5-17(19)26(45)46)42-11-23(38-40-42)21-7-13(25(44)36-14-1-2-14)8-22(37-21)24-12-43(41-39-24)16-4-6-18(27(47)48)20(10-16)29(33,34)35/h3-12,14,25,36,44H,1-2H2,(H,45,46)(H,47,48). The molecule has 0 aliphatic heterocycles. The summed E-state index contributed by atoms with van der Waals surface area (Å²) in [5.41, 5.74) is -4.56. The summed E-state index contributed by atoms with van der Waals surface area (Å²) in [6, 6.07) is 7.94. The van der Waals surface area contributed by atoms with Gasteiger partial charge in [0.05, 0.1) is 57.4 Å². The highest BCUT2D eigenvalue weighted by Gasteiger charge is 2.37. The third kappa shape index (κ3) is 6.58. The van der Waals surface area contributed by atoms with Crippen LogP contribution in [0.3, 0.4) is 0 Å². The van der Waals surface area contributed by atoms with Crippen molar-refractivity contribution in [3.05, 3.63) is 88.7 Å². The summed E-state index contributed by atoms with van der Waals surface area (Å²) < 4.78 is 83.5. The SMILES string of the molecule is O=C(O)c1ccc(-n2cc(-c3cc(C(O)NC4CC4)cc(-c4cn(-c5ccc(C(=O)O)c(C(F)(F)F)c5)nn4)n3)nn2)cc1C(F)(F)F. The molecule has 0 saturated heterocycles. The summed E-state index contributed by atoms with van der Waals surface area (Å²) >= 11 is 0. The summed E-state index contributed by atoms with van der Waals surface area (Å²) in [5.74, 6) is -3.54. The average Bonchev–Trinajstić information content (AvgIpc) is 3.47. The smallest absolute Gasteiger partial charge is 0.417 e. The van der Waals surface area contributed by atoms with Crippen molar-refractivity contribution in [1.29, 1.82) is 0 Å². The molecule has 2 aromatic carbocycles. The highest BCUT2D eigenvalue weighted by atomic mass is 19.4. The van der Waals surface area contributed by atoms with E-state index in [-0.39, 0.29) is 45.8 Å². The number of carbonyl (C=O) groups is 2. The van der Waals surface area contributed by atoms with Crippen molar-refractivity contribution in [3.63, 3.8) is 0 Å². The first kappa shape index (κ1) is 32.3. The van der Waals surface area contributed by atoms with Gasteiger partial charge in [-0.1, -0.05) is 10.4 Å². The molecule has 1 atom stereocenters. The lowest BCUT2D eigenvalue weighted by molar-refractivity contribution is -0.138. The Bertz CT molecular complexity index is 1920. The van der Waals surface area contributed by atoms with E-state index < -0.39 is 52.8 Å². The molecule has 4 N–H and O–H groups in total. The number of nitrogens with one attached hydrogen (secondary N) is 1. The lowest BCUT2D eigenvalue weighted by atomic mass is 10.1. The van der Waals surface area contributed by atoms with E-state index in [0.717, 1.165) is 46.5 Å². The zero-order chi connectivity index (χ0) is 34.5. The van der Waals surface area contributed by atoms with Gasteiger partial charge in [-0.15, -0.1) is 10.2 Å². The monoisotopic (exact) mass is 674 g/mol. The molecule has 1 fully saturated rings. The number of carboxylic acid groups (broad SMARTS) is 2. The van der Waals surface area contributed by atoms with E-state index in [4.69, 9.17) is 0 Å². The summed E-state index contributed by atoms with van der Waals surface area (Å²) in [6.07, 6.45) is -7.06. The number of nitrogens with zero attached hydrogens (tertiary/aromatic N) is 7. The number of aliphatic hydroxyl groups excluding tert-OH is 1. The second-order valence-corrected chi connectivity index (χ2v) is 10.7. The maximum absolute atomic E-state index is 13.6. The third-order valence-corrected chi connectivity index (χ3v) is 7.25. The first-order chi connectivity index (χ1) is 22.6. The number of aliphatic hydroxyl groups is 1. The maximum Gasteiger partial charge on any atom is 0.417 e. The van der Waals surface area contributed by atoms with Crippen LogP contribution in [-0.4, -0.2) is 68.3 Å². The molecule has 5 aromatic rings. The Morgan fingerprint density at radius 1 is 0.729 bits per heavy atom. The second-order valence-electron chi connectivity index (χ2n) is 10.7. The Kier molecular flexibility index (Phi) is 7.95. The van der Waals surface area contributed by atoms with Crippen LogP contribution in [0.2, 0.25) is 0 Å². The van der Waals surface area contributed by atoms with E-state index in [1.54, 1.807) is 0 Å². The predicted molar refractivity (Wildman–Crippen MR) is 150 cm³/mol. The summed E-state index contributed by atoms with van der Waals surface area (Å²) in [4.78, 5) is 27.1. The molecular weight excluding hydrogens is 654 g/mol. The number of carboxylic acids is 2. The first-order valence-electron chi connectivity index (χ1n) is 13.8. The average molecular weight is 675 g/mol. The molecule has 13 nitrogen and oxygen atoms in total. The molecule has 0 radical (unpaired) electrons. The number of rotatable bonds is 9. The van der Waals surface area contributed by atoms with Gasteiger partial charge in [-0.05, 0) is 66.9 Å². The molecular formula is C29H20F6N8O5. The maximum atomic E-state index is 13.6. The number of halogens is 6. The zero-order valence-corrected chi connectivity index (χ0v) is 23.9. The molecule has 0 spiro atoms. The number of aromatic nitrogens is 7. The molecule has 0 bridgehead atoms. The Morgan fingerprint density at radius 2 is 1.17 bits per heavy atom. The van der Waals surface area contributed by atoms with Crippen LogP contribution < -0.4 is 5.32 Å². The molecule has 248 valence electrons. The Morgan fingerprint density at radius 3 is 1.54 bits per heavy atom. The first-order valence-corrected chi connectivity index (χ1v) is 13.8. The predicted octanol–water partition coefficient (Wildman–Crippen LogP) is 4.75. The Balaban J connectivity index is 1.39. The van der Waals surface area contributed by atoms with Gasteiger partial charge in [-0.25, -0.2) is 23.9 Å². The van der Waals surface area contributed by atoms with Gasteiger partial charge in [0.15, 0.2) is 0 Å². The van der Waals surface area contributed by atoms with E-state index in [1.165, 1.54) is 24.5 Å². The van der Waals surface area contributed by atoms with Gasteiger partial charge in [0, 0.05) is 6.04 Å². The van der Waals surface area contributed by atoms with Gasteiger partial charge in [-0.3, -0.25) is 5.32 Å². The van der Waals surface area contributed by atoms with Crippen molar-refractivity contribution in [1.82, 2.24) is 40.3 Å². The minimum Gasteiger partial charge on any atom is -0.478 e. The highest BCUT2D eigenvalue weighted by molar-refractivity contribution is 5.90. The number of alkyl halides is 6. The summed E-state index contributed by atoms with van der Waals surface area (Å²) in [7, 11) is 0. The highest BCUT2D eigenvalue weighted by Crippen LogP contribution is 2.35. The molecule has 0 amide bonds. The minimum atomic E-state index is -4.98. The lowest BCUT2D eigenvalue weighted by Gasteiger charge is -2.14. The van der Waals surface area contributed by atoms with Gasteiger partial charge < -0.3 is 15.3 Å². The molecule has 1 aliphatic rings. The fourth-order valence-corrected chi connectivity index (χ4v) is 4.75. The van der Waals surface area contributed by atoms with E-state index in [0.29, 0.717) is 12.1 Å². The van der Waals surface area contributed by atoms with Crippen LogP contribution >= 0.6 is 0 Å². The van der Waals surface area contributed by atoms with Crippen LogP contribution in [0.25, 0.3) is 34.2 Å². The Labute approximate surface area is 264 Å². The molecule has 48 heavy (non-hydrogen) atoms. The largest absolute Gasteiger partial charge is 0.478 e. The van der Waals surface area contributed by atoms with Crippen LogP contribution in [0, 0.1) is 0 Å². The molecule has 3 heterocycles. The van der Waals surface area contributed by atoms with Gasteiger partial charge in [-0.2, -0.15) is 26.3 Å². The van der Waals surface area contributed by atoms with Crippen molar-refractivity contribution in [2.45, 2.75) is 37.5 Å². The normalized spacial score (nSPS) is 14.2. The number of hydrogen-bond donors (Lipinski definition) is 4. The molecule has 6 rings (SSSR count). The van der Waals surface area contributed by atoms with Crippen molar-refractivity contribution in [2.75, 3.05) is 0 Å². The molecule has 1 unspecified atom stereocenters. The van der Waals surface area contributed by atoms with E-state index in [9.17, 15) is 51.3 Å². The number of pyridine rings is 1. The molecule has 3 aromatic heterocycles. The van der Waals surface area contributed by atoms with Crippen molar-refractivity contribution in [2.24, 2.45) is 0 Å². The van der Waals surface area contributed by atoms with Crippen LogP contribution in [0.1, 0.15) is 56.5 Å². The second kappa shape index (κ2) is 11.8. The van der Waals surface area contributed by atoms with Gasteiger partial charge in [0.1, 0.15) is 17.6 Å². The number of hydrogen-bond acceptors (Lipinski definition) is 9.